The maximum absolute atomic E-state index is 11.9. The molecule has 7 heteroatoms. The minimum Gasteiger partial charge on any atom is -0.461 e. The summed E-state index contributed by atoms with van der Waals surface area (Å²) in [5.74, 6) is -0.484. The zero-order valence-electron chi connectivity index (χ0n) is 12.3. The topological polar surface area (TPSA) is 85.7 Å². The third kappa shape index (κ3) is 2.48. The molecule has 0 aliphatic heterocycles. The maximum atomic E-state index is 11.9. The van der Waals surface area contributed by atoms with Crippen LogP contribution in [0.15, 0.2) is 36.7 Å². The standard InChI is InChI=1S/C15H15N5O2/c1-3-22-15(21)14-13(17-19-18-14)12-6-5-11(9-10(12)2)20-8-4-7-16-20/h4-9H,3H2,1-2H3,(H,17,18,19). The van der Waals surface area contributed by atoms with Gasteiger partial charge in [0, 0.05) is 18.0 Å². The van der Waals surface area contributed by atoms with Crippen molar-refractivity contribution in [3.05, 3.63) is 47.9 Å². The summed E-state index contributed by atoms with van der Waals surface area (Å²) in [6.07, 6.45) is 3.59. The van der Waals surface area contributed by atoms with Crippen LogP contribution in [0, 0.1) is 6.92 Å². The second-order valence-corrected chi connectivity index (χ2v) is 4.69. The molecule has 0 saturated carbocycles. The summed E-state index contributed by atoms with van der Waals surface area (Å²) < 4.78 is 6.77. The Kier molecular flexibility index (Phi) is 3.69. The molecule has 0 bridgehead atoms. The van der Waals surface area contributed by atoms with Crippen molar-refractivity contribution in [2.24, 2.45) is 0 Å². The number of aromatic nitrogens is 5. The molecule has 0 aliphatic carbocycles. The van der Waals surface area contributed by atoms with Crippen molar-refractivity contribution in [2.75, 3.05) is 6.61 Å². The first kappa shape index (κ1) is 14.0. The molecule has 112 valence electrons. The lowest BCUT2D eigenvalue weighted by molar-refractivity contribution is 0.0520. The van der Waals surface area contributed by atoms with E-state index in [0.717, 1.165) is 16.8 Å². The third-order valence-corrected chi connectivity index (χ3v) is 3.25. The molecule has 1 N–H and O–H groups in total. The Morgan fingerprint density at radius 2 is 2.23 bits per heavy atom. The van der Waals surface area contributed by atoms with E-state index in [2.05, 4.69) is 20.5 Å². The van der Waals surface area contributed by atoms with Gasteiger partial charge < -0.3 is 4.74 Å². The second kappa shape index (κ2) is 5.80. The lowest BCUT2D eigenvalue weighted by atomic mass is 10.0. The first-order valence-corrected chi connectivity index (χ1v) is 6.89. The van der Waals surface area contributed by atoms with Crippen LogP contribution in [0.25, 0.3) is 16.9 Å². The number of nitrogens with one attached hydrogen (secondary N) is 1. The van der Waals surface area contributed by atoms with Gasteiger partial charge in [-0.05, 0) is 37.6 Å². The Morgan fingerprint density at radius 1 is 1.36 bits per heavy atom. The van der Waals surface area contributed by atoms with Crippen LogP contribution in [0.4, 0.5) is 0 Å². The molecular weight excluding hydrogens is 282 g/mol. The fraction of sp³-hybridized carbons (Fsp3) is 0.200. The molecule has 22 heavy (non-hydrogen) atoms. The molecule has 0 saturated heterocycles. The molecule has 7 nitrogen and oxygen atoms in total. The number of aryl methyl sites for hydroxylation is 1. The van der Waals surface area contributed by atoms with E-state index in [-0.39, 0.29) is 5.69 Å². The number of aromatic amines is 1. The highest BCUT2D eigenvalue weighted by atomic mass is 16.5. The molecule has 0 atom stereocenters. The van der Waals surface area contributed by atoms with Crippen LogP contribution in [0.1, 0.15) is 23.0 Å². The zero-order chi connectivity index (χ0) is 15.5. The molecule has 0 fully saturated rings. The normalized spacial score (nSPS) is 10.6. The number of carbonyl (C=O) groups is 1. The van der Waals surface area contributed by atoms with Crippen LogP contribution < -0.4 is 0 Å². The molecule has 1 aromatic carbocycles. The van der Waals surface area contributed by atoms with Crippen LogP contribution in [0.5, 0.6) is 0 Å². The first-order valence-electron chi connectivity index (χ1n) is 6.89. The molecule has 0 aliphatic rings. The Morgan fingerprint density at radius 3 is 2.91 bits per heavy atom. The number of ether oxygens (including phenoxy) is 1. The Balaban J connectivity index is 2.00. The van der Waals surface area contributed by atoms with Crippen LogP contribution >= 0.6 is 0 Å². The van der Waals surface area contributed by atoms with E-state index in [1.807, 2.05) is 37.4 Å². The summed E-state index contributed by atoms with van der Waals surface area (Å²) in [4.78, 5) is 11.9. The van der Waals surface area contributed by atoms with Crippen LogP contribution in [0.3, 0.4) is 0 Å². The lowest BCUT2D eigenvalue weighted by Gasteiger charge is -2.08. The maximum Gasteiger partial charge on any atom is 0.361 e. The van der Waals surface area contributed by atoms with Gasteiger partial charge >= 0.3 is 5.97 Å². The fourth-order valence-electron chi connectivity index (χ4n) is 2.24. The van der Waals surface area contributed by atoms with Crippen molar-refractivity contribution >= 4 is 5.97 Å². The van der Waals surface area contributed by atoms with Gasteiger partial charge in [0.05, 0.1) is 12.3 Å². The van der Waals surface area contributed by atoms with E-state index in [9.17, 15) is 4.79 Å². The number of hydrogen-bond donors (Lipinski definition) is 1. The summed E-state index contributed by atoms with van der Waals surface area (Å²) in [5, 5.41) is 14.7. The van der Waals surface area contributed by atoms with E-state index < -0.39 is 5.97 Å². The minimum absolute atomic E-state index is 0.191. The average molecular weight is 297 g/mol. The number of benzene rings is 1. The van der Waals surface area contributed by atoms with Crippen LogP contribution in [0.2, 0.25) is 0 Å². The lowest BCUT2D eigenvalue weighted by Crippen LogP contribution is -2.07. The van der Waals surface area contributed by atoms with Crippen molar-refractivity contribution in [3.8, 4) is 16.9 Å². The first-order chi connectivity index (χ1) is 10.7. The number of hydrogen-bond acceptors (Lipinski definition) is 5. The van der Waals surface area contributed by atoms with Gasteiger partial charge in [-0.25, -0.2) is 9.48 Å². The van der Waals surface area contributed by atoms with Crippen LogP contribution in [-0.2, 0) is 4.74 Å². The van der Waals surface area contributed by atoms with Gasteiger partial charge in [-0.1, -0.05) is 6.07 Å². The highest BCUT2D eigenvalue weighted by Gasteiger charge is 2.20. The minimum atomic E-state index is -0.484. The van der Waals surface area contributed by atoms with Crippen molar-refractivity contribution in [1.82, 2.24) is 25.2 Å². The summed E-state index contributed by atoms with van der Waals surface area (Å²) >= 11 is 0. The molecule has 0 unspecified atom stereocenters. The Hall–Kier alpha value is -2.96. The molecule has 3 aromatic rings. The monoisotopic (exact) mass is 297 g/mol. The zero-order valence-corrected chi connectivity index (χ0v) is 12.3. The quantitative estimate of drug-likeness (QED) is 0.746. The van der Waals surface area contributed by atoms with Crippen molar-refractivity contribution in [2.45, 2.75) is 13.8 Å². The summed E-state index contributed by atoms with van der Waals surface area (Å²) in [5.41, 5.74) is 3.41. The number of H-pyrrole nitrogens is 1. The molecule has 0 radical (unpaired) electrons. The van der Waals surface area contributed by atoms with E-state index in [0.29, 0.717) is 12.3 Å². The summed E-state index contributed by atoms with van der Waals surface area (Å²) in [6, 6.07) is 7.65. The average Bonchev–Trinajstić information content (AvgIpc) is 3.19. The van der Waals surface area contributed by atoms with Gasteiger partial charge in [0.2, 0.25) is 0 Å². The Labute approximate surface area is 126 Å². The van der Waals surface area contributed by atoms with Gasteiger partial charge in [-0.3, -0.25) is 0 Å². The predicted octanol–water partition coefficient (Wildman–Crippen LogP) is 2.14. The number of carbonyl (C=O) groups excluding carboxylic acids is 1. The molecule has 0 amide bonds. The number of rotatable bonds is 4. The van der Waals surface area contributed by atoms with Gasteiger partial charge in [-0.15, -0.1) is 5.10 Å². The van der Waals surface area contributed by atoms with E-state index in [1.54, 1.807) is 17.8 Å². The largest absolute Gasteiger partial charge is 0.461 e. The van der Waals surface area contributed by atoms with Gasteiger partial charge in [0.1, 0.15) is 5.69 Å². The fourth-order valence-corrected chi connectivity index (χ4v) is 2.24. The van der Waals surface area contributed by atoms with Gasteiger partial charge in [-0.2, -0.15) is 15.4 Å². The van der Waals surface area contributed by atoms with Gasteiger partial charge in [0.15, 0.2) is 5.69 Å². The molecule has 2 aromatic heterocycles. The highest BCUT2D eigenvalue weighted by molar-refractivity contribution is 5.94. The Bertz CT molecular complexity index is 792. The van der Waals surface area contributed by atoms with E-state index in [4.69, 9.17) is 4.74 Å². The predicted molar refractivity (Wildman–Crippen MR) is 79.6 cm³/mol. The van der Waals surface area contributed by atoms with Crippen molar-refractivity contribution in [3.63, 3.8) is 0 Å². The van der Waals surface area contributed by atoms with E-state index >= 15 is 0 Å². The van der Waals surface area contributed by atoms with E-state index in [1.165, 1.54) is 0 Å². The summed E-state index contributed by atoms with van der Waals surface area (Å²) in [7, 11) is 0. The smallest absolute Gasteiger partial charge is 0.361 e. The molecule has 3 rings (SSSR count). The summed E-state index contributed by atoms with van der Waals surface area (Å²) in [6.45, 7) is 4.00. The van der Waals surface area contributed by atoms with Crippen molar-refractivity contribution in [1.29, 1.82) is 0 Å². The SMILES string of the molecule is CCOC(=O)c1n[nH]nc1-c1ccc(-n2cccn2)cc1C. The molecule has 0 spiro atoms. The number of esters is 1. The third-order valence-electron chi connectivity index (χ3n) is 3.25. The van der Waals surface area contributed by atoms with Crippen molar-refractivity contribution < 1.29 is 9.53 Å². The van der Waals surface area contributed by atoms with Crippen LogP contribution in [-0.4, -0.2) is 37.8 Å². The molecule has 2 heterocycles. The number of nitrogens with zero attached hydrogens (tertiary/aromatic N) is 4. The van der Waals surface area contributed by atoms with Gasteiger partial charge in [0.25, 0.3) is 0 Å². The highest BCUT2D eigenvalue weighted by Crippen LogP contribution is 2.26. The molecular formula is C15H15N5O2. The second-order valence-electron chi connectivity index (χ2n) is 4.69.